The molecule has 2 rings (SSSR count). The van der Waals surface area contributed by atoms with Crippen LogP contribution in [-0.2, 0) is 6.54 Å². The SMILES string of the molecule is CNCc1cc(C)nc(N2CCCCCC2)c1. The molecule has 1 aliphatic rings. The van der Waals surface area contributed by atoms with Crippen LogP contribution in [0.15, 0.2) is 12.1 Å². The van der Waals surface area contributed by atoms with Gasteiger partial charge in [0, 0.05) is 25.3 Å². The molecule has 0 saturated carbocycles. The normalized spacial score (nSPS) is 16.9. The first kappa shape index (κ1) is 12.4. The van der Waals surface area contributed by atoms with Gasteiger partial charge in [-0.25, -0.2) is 4.98 Å². The van der Waals surface area contributed by atoms with Gasteiger partial charge in [-0.15, -0.1) is 0 Å². The molecule has 1 aliphatic heterocycles. The number of aryl methyl sites for hydroxylation is 1. The summed E-state index contributed by atoms with van der Waals surface area (Å²) in [6.07, 6.45) is 5.34. The molecule has 17 heavy (non-hydrogen) atoms. The van der Waals surface area contributed by atoms with Crippen LogP contribution in [0.3, 0.4) is 0 Å². The van der Waals surface area contributed by atoms with Crippen LogP contribution in [0.1, 0.15) is 36.9 Å². The molecular weight excluding hydrogens is 210 g/mol. The van der Waals surface area contributed by atoms with Gasteiger partial charge >= 0.3 is 0 Å². The molecule has 0 aromatic carbocycles. The Hall–Kier alpha value is -1.09. The van der Waals surface area contributed by atoms with E-state index in [1.165, 1.54) is 31.2 Å². The van der Waals surface area contributed by atoms with Crippen molar-refractivity contribution in [3.63, 3.8) is 0 Å². The van der Waals surface area contributed by atoms with E-state index in [1.807, 2.05) is 7.05 Å². The highest BCUT2D eigenvalue weighted by Gasteiger charge is 2.11. The predicted molar refractivity (Wildman–Crippen MR) is 72.4 cm³/mol. The van der Waals surface area contributed by atoms with Crippen molar-refractivity contribution < 1.29 is 0 Å². The maximum atomic E-state index is 4.68. The average molecular weight is 233 g/mol. The minimum Gasteiger partial charge on any atom is -0.357 e. The van der Waals surface area contributed by atoms with E-state index >= 15 is 0 Å². The van der Waals surface area contributed by atoms with E-state index in [0.29, 0.717) is 0 Å². The Bertz CT molecular complexity index is 354. The minimum absolute atomic E-state index is 0.921. The van der Waals surface area contributed by atoms with Crippen molar-refractivity contribution in [2.45, 2.75) is 39.2 Å². The lowest BCUT2D eigenvalue weighted by Crippen LogP contribution is -2.25. The largest absolute Gasteiger partial charge is 0.357 e. The molecule has 3 nitrogen and oxygen atoms in total. The lowest BCUT2D eigenvalue weighted by atomic mass is 10.2. The summed E-state index contributed by atoms with van der Waals surface area (Å²) in [6, 6.07) is 4.40. The minimum atomic E-state index is 0.921. The number of hydrogen-bond acceptors (Lipinski definition) is 3. The molecule has 1 saturated heterocycles. The molecule has 1 N–H and O–H groups in total. The zero-order valence-electron chi connectivity index (χ0n) is 11.0. The highest BCUT2D eigenvalue weighted by atomic mass is 15.2. The molecule has 3 heteroatoms. The second-order valence-corrected chi connectivity index (χ2v) is 4.91. The van der Waals surface area contributed by atoms with Gasteiger partial charge in [-0.3, -0.25) is 0 Å². The number of rotatable bonds is 3. The third-order valence-electron chi connectivity index (χ3n) is 3.31. The first-order chi connectivity index (χ1) is 8.29. The fourth-order valence-corrected chi connectivity index (χ4v) is 2.49. The molecule has 1 aromatic heterocycles. The van der Waals surface area contributed by atoms with Crippen molar-refractivity contribution in [1.82, 2.24) is 10.3 Å². The summed E-state index contributed by atoms with van der Waals surface area (Å²) in [4.78, 5) is 7.12. The maximum Gasteiger partial charge on any atom is 0.129 e. The van der Waals surface area contributed by atoms with Gasteiger partial charge < -0.3 is 10.2 Å². The third kappa shape index (κ3) is 3.43. The smallest absolute Gasteiger partial charge is 0.129 e. The monoisotopic (exact) mass is 233 g/mol. The van der Waals surface area contributed by atoms with Gasteiger partial charge in [0.15, 0.2) is 0 Å². The number of nitrogens with one attached hydrogen (secondary N) is 1. The number of nitrogens with zero attached hydrogens (tertiary/aromatic N) is 2. The van der Waals surface area contributed by atoms with Crippen molar-refractivity contribution in [3.8, 4) is 0 Å². The average Bonchev–Trinajstić information content (AvgIpc) is 2.57. The van der Waals surface area contributed by atoms with E-state index < -0.39 is 0 Å². The highest BCUT2D eigenvalue weighted by molar-refractivity contribution is 5.42. The van der Waals surface area contributed by atoms with Gasteiger partial charge in [-0.1, -0.05) is 12.8 Å². The molecule has 1 aromatic rings. The van der Waals surface area contributed by atoms with Crippen LogP contribution in [0.4, 0.5) is 5.82 Å². The van der Waals surface area contributed by atoms with Crippen LogP contribution < -0.4 is 10.2 Å². The number of aromatic nitrogens is 1. The fraction of sp³-hybridized carbons (Fsp3) is 0.643. The van der Waals surface area contributed by atoms with Gasteiger partial charge in [0.1, 0.15) is 5.82 Å². The number of pyridine rings is 1. The summed E-state index contributed by atoms with van der Waals surface area (Å²) in [5.41, 5.74) is 2.45. The highest BCUT2D eigenvalue weighted by Crippen LogP contribution is 2.19. The lowest BCUT2D eigenvalue weighted by Gasteiger charge is -2.22. The zero-order chi connectivity index (χ0) is 12.1. The maximum absolute atomic E-state index is 4.68. The zero-order valence-corrected chi connectivity index (χ0v) is 11.0. The van der Waals surface area contributed by atoms with Crippen LogP contribution in [-0.4, -0.2) is 25.1 Å². The van der Waals surface area contributed by atoms with E-state index in [-0.39, 0.29) is 0 Å². The van der Waals surface area contributed by atoms with Crippen LogP contribution in [0.5, 0.6) is 0 Å². The molecule has 0 bridgehead atoms. The van der Waals surface area contributed by atoms with Crippen LogP contribution >= 0.6 is 0 Å². The van der Waals surface area contributed by atoms with Crippen LogP contribution in [0.25, 0.3) is 0 Å². The van der Waals surface area contributed by atoms with Crippen molar-refractivity contribution in [1.29, 1.82) is 0 Å². The second kappa shape index (κ2) is 6.01. The van der Waals surface area contributed by atoms with Gasteiger partial charge in [-0.05, 0) is 44.5 Å². The second-order valence-electron chi connectivity index (χ2n) is 4.91. The Morgan fingerprint density at radius 2 is 1.88 bits per heavy atom. The molecule has 0 spiro atoms. The number of anilines is 1. The third-order valence-corrected chi connectivity index (χ3v) is 3.31. The summed E-state index contributed by atoms with van der Waals surface area (Å²) >= 11 is 0. The van der Waals surface area contributed by atoms with Crippen molar-refractivity contribution >= 4 is 5.82 Å². The summed E-state index contributed by atoms with van der Waals surface area (Å²) < 4.78 is 0. The summed E-state index contributed by atoms with van der Waals surface area (Å²) in [7, 11) is 1.99. The van der Waals surface area contributed by atoms with Crippen molar-refractivity contribution in [2.75, 3.05) is 25.0 Å². The predicted octanol–water partition coefficient (Wildman–Crippen LogP) is 2.49. The molecule has 0 atom stereocenters. The van der Waals surface area contributed by atoms with E-state index in [9.17, 15) is 0 Å². The molecule has 0 unspecified atom stereocenters. The Balaban J connectivity index is 2.17. The topological polar surface area (TPSA) is 28.2 Å². The van der Waals surface area contributed by atoms with E-state index in [0.717, 1.165) is 31.1 Å². The van der Waals surface area contributed by atoms with Gasteiger partial charge in [-0.2, -0.15) is 0 Å². The van der Waals surface area contributed by atoms with Crippen LogP contribution in [0.2, 0.25) is 0 Å². The number of hydrogen-bond donors (Lipinski definition) is 1. The van der Waals surface area contributed by atoms with E-state index in [1.54, 1.807) is 0 Å². The molecule has 0 amide bonds. The Labute approximate surface area is 104 Å². The van der Waals surface area contributed by atoms with Gasteiger partial charge in [0.2, 0.25) is 0 Å². The molecule has 94 valence electrons. The summed E-state index contributed by atoms with van der Waals surface area (Å²) in [5, 5.41) is 3.21. The molecule has 1 fully saturated rings. The first-order valence-corrected chi connectivity index (χ1v) is 6.67. The quantitative estimate of drug-likeness (QED) is 0.869. The Morgan fingerprint density at radius 3 is 2.53 bits per heavy atom. The fourth-order valence-electron chi connectivity index (χ4n) is 2.49. The van der Waals surface area contributed by atoms with E-state index in [2.05, 4.69) is 34.3 Å². The standard InChI is InChI=1S/C14H23N3/c1-12-9-13(11-15-2)10-14(16-12)17-7-5-3-4-6-8-17/h9-10,15H,3-8,11H2,1-2H3. The van der Waals surface area contributed by atoms with Gasteiger partial charge in [0.25, 0.3) is 0 Å². The van der Waals surface area contributed by atoms with Crippen molar-refractivity contribution in [2.24, 2.45) is 0 Å². The Kier molecular flexibility index (Phi) is 4.37. The van der Waals surface area contributed by atoms with Crippen molar-refractivity contribution in [3.05, 3.63) is 23.4 Å². The molecule has 0 radical (unpaired) electrons. The van der Waals surface area contributed by atoms with Crippen LogP contribution in [0, 0.1) is 6.92 Å². The lowest BCUT2D eigenvalue weighted by molar-refractivity contribution is 0.726. The summed E-state index contributed by atoms with van der Waals surface area (Å²) in [5.74, 6) is 1.16. The first-order valence-electron chi connectivity index (χ1n) is 6.67. The molecule has 2 heterocycles. The molecular formula is C14H23N3. The van der Waals surface area contributed by atoms with Gasteiger partial charge in [0.05, 0.1) is 0 Å². The molecule has 0 aliphatic carbocycles. The summed E-state index contributed by atoms with van der Waals surface area (Å²) in [6.45, 7) is 5.33. The Morgan fingerprint density at radius 1 is 1.18 bits per heavy atom. The van der Waals surface area contributed by atoms with E-state index in [4.69, 9.17) is 0 Å².